The van der Waals surface area contributed by atoms with E-state index in [-0.39, 0.29) is 11.4 Å². The van der Waals surface area contributed by atoms with Crippen molar-refractivity contribution in [2.24, 2.45) is 0 Å². The molecule has 0 unspecified atom stereocenters. The van der Waals surface area contributed by atoms with E-state index in [9.17, 15) is 22.8 Å². The lowest BCUT2D eigenvalue weighted by molar-refractivity contribution is -0.137. The summed E-state index contributed by atoms with van der Waals surface area (Å²) in [6.45, 7) is 4.71. The summed E-state index contributed by atoms with van der Waals surface area (Å²) < 4.78 is 49.3. The Morgan fingerprint density at radius 3 is 2.29 bits per heavy atom. The molecular weight excluding hydrogens is 377 g/mol. The van der Waals surface area contributed by atoms with Gasteiger partial charge in [-0.3, -0.25) is 4.79 Å². The molecule has 0 radical (unpaired) electrons. The number of pyridine rings is 1. The van der Waals surface area contributed by atoms with Crippen molar-refractivity contribution in [1.82, 2.24) is 4.98 Å². The van der Waals surface area contributed by atoms with Crippen molar-refractivity contribution in [3.05, 3.63) is 53.2 Å². The Morgan fingerprint density at radius 1 is 1.04 bits per heavy atom. The molecule has 0 aliphatic rings. The minimum Gasteiger partial charge on any atom is -0.481 e. The largest absolute Gasteiger partial charge is 0.481 e. The van der Waals surface area contributed by atoms with Crippen LogP contribution in [0.1, 0.15) is 47.1 Å². The van der Waals surface area contributed by atoms with Gasteiger partial charge >= 0.3 is 12.1 Å². The molecule has 0 aliphatic carbocycles. The first-order chi connectivity index (χ1) is 12.9. The highest BCUT2D eigenvalue weighted by Crippen LogP contribution is 2.31. The molecule has 0 saturated heterocycles. The van der Waals surface area contributed by atoms with E-state index in [2.05, 4.69) is 10.3 Å². The molecule has 6 nitrogen and oxygen atoms in total. The minimum atomic E-state index is -4.68. The van der Waals surface area contributed by atoms with Crippen molar-refractivity contribution < 1.29 is 32.2 Å². The van der Waals surface area contributed by atoms with E-state index in [1.54, 1.807) is 20.8 Å². The second-order valence-electron chi connectivity index (χ2n) is 6.80. The molecular formula is C19H19F3N2O4. The van der Waals surface area contributed by atoms with E-state index in [0.29, 0.717) is 11.8 Å². The number of carbonyl (C=O) groups is 2. The summed E-state index contributed by atoms with van der Waals surface area (Å²) in [6, 6.07) is 5.18. The maximum atomic E-state index is 13.1. The number of anilines is 1. The molecule has 0 spiro atoms. The van der Waals surface area contributed by atoms with Gasteiger partial charge in [-0.1, -0.05) is 0 Å². The Balaban J connectivity index is 2.43. The lowest BCUT2D eigenvalue weighted by Crippen LogP contribution is -2.26. The van der Waals surface area contributed by atoms with Gasteiger partial charge in [0.25, 0.3) is 5.91 Å². The Kier molecular flexibility index (Phi) is 5.96. The van der Waals surface area contributed by atoms with E-state index in [0.717, 1.165) is 12.1 Å². The van der Waals surface area contributed by atoms with Gasteiger partial charge < -0.3 is 14.8 Å². The van der Waals surface area contributed by atoms with Crippen molar-refractivity contribution in [2.75, 3.05) is 12.4 Å². The quantitative estimate of drug-likeness (QED) is 0.779. The number of methoxy groups -OCH3 is 1. The predicted octanol–water partition coefficient (Wildman–Crippen LogP) is 4.32. The van der Waals surface area contributed by atoms with E-state index in [1.165, 1.54) is 25.4 Å². The van der Waals surface area contributed by atoms with E-state index in [1.807, 2.05) is 0 Å². The summed E-state index contributed by atoms with van der Waals surface area (Å²) in [4.78, 5) is 28.9. The third-order valence-electron chi connectivity index (χ3n) is 3.41. The summed E-state index contributed by atoms with van der Waals surface area (Å²) in [5.74, 6) is -1.57. The molecule has 1 heterocycles. The van der Waals surface area contributed by atoms with E-state index < -0.39 is 34.8 Å². The number of aromatic nitrogens is 1. The van der Waals surface area contributed by atoms with Gasteiger partial charge in [0.05, 0.1) is 23.8 Å². The molecule has 1 aromatic heterocycles. The van der Waals surface area contributed by atoms with Gasteiger partial charge in [0.1, 0.15) is 5.60 Å². The lowest BCUT2D eigenvalue weighted by Gasteiger charge is -2.21. The lowest BCUT2D eigenvalue weighted by atomic mass is 10.0. The van der Waals surface area contributed by atoms with Crippen LogP contribution >= 0.6 is 0 Å². The molecule has 0 bridgehead atoms. The number of hydrogen-bond donors (Lipinski definition) is 1. The number of nitrogens with zero attached hydrogens (tertiary/aromatic N) is 1. The molecule has 1 amide bonds. The van der Waals surface area contributed by atoms with Crippen molar-refractivity contribution in [3.8, 4) is 5.88 Å². The van der Waals surface area contributed by atoms with Gasteiger partial charge in [-0.15, -0.1) is 0 Å². The average molecular weight is 396 g/mol. The molecule has 150 valence electrons. The molecule has 1 aromatic carbocycles. The number of nitrogens with one attached hydrogen (secondary N) is 1. The standard InChI is InChI=1S/C19H19F3N2O4/c1-18(2,3)28-17(26)14-9-11(19(20,21)22)5-6-13(14)16(25)24-12-7-8-23-15(10-12)27-4/h5-10H,1-4H3,(H,23,24,25). The van der Waals surface area contributed by atoms with Crippen molar-refractivity contribution in [3.63, 3.8) is 0 Å². The Bertz CT molecular complexity index is 889. The summed E-state index contributed by atoms with van der Waals surface area (Å²) in [6.07, 6.45) is -3.29. The van der Waals surface area contributed by atoms with Crippen LogP contribution in [-0.4, -0.2) is 29.6 Å². The van der Waals surface area contributed by atoms with E-state index in [4.69, 9.17) is 9.47 Å². The first-order valence-electron chi connectivity index (χ1n) is 8.17. The van der Waals surface area contributed by atoms with Gasteiger partial charge in [-0.25, -0.2) is 9.78 Å². The molecule has 2 aromatic rings. The fraction of sp³-hybridized carbons (Fsp3) is 0.316. The summed E-state index contributed by atoms with van der Waals surface area (Å²) in [5.41, 5.74) is -2.44. The van der Waals surface area contributed by atoms with Crippen LogP contribution in [0.3, 0.4) is 0 Å². The summed E-state index contributed by atoms with van der Waals surface area (Å²) in [5, 5.41) is 2.50. The maximum Gasteiger partial charge on any atom is 0.416 e. The fourth-order valence-corrected chi connectivity index (χ4v) is 2.22. The zero-order valence-corrected chi connectivity index (χ0v) is 15.7. The smallest absolute Gasteiger partial charge is 0.416 e. The van der Waals surface area contributed by atoms with Gasteiger partial charge in [-0.05, 0) is 45.0 Å². The third-order valence-corrected chi connectivity index (χ3v) is 3.41. The maximum absolute atomic E-state index is 13.1. The molecule has 28 heavy (non-hydrogen) atoms. The number of benzene rings is 1. The molecule has 0 aliphatic heterocycles. The number of ether oxygens (including phenoxy) is 2. The number of halogens is 3. The van der Waals surface area contributed by atoms with Gasteiger partial charge in [0.15, 0.2) is 0 Å². The van der Waals surface area contributed by atoms with Gasteiger partial charge in [-0.2, -0.15) is 13.2 Å². The second kappa shape index (κ2) is 7.87. The van der Waals surface area contributed by atoms with Crippen molar-refractivity contribution in [2.45, 2.75) is 32.5 Å². The monoisotopic (exact) mass is 396 g/mol. The SMILES string of the molecule is COc1cc(NC(=O)c2ccc(C(F)(F)F)cc2C(=O)OC(C)(C)C)ccn1. The Hall–Kier alpha value is -3.10. The zero-order chi connectivity index (χ0) is 21.1. The number of alkyl halides is 3. The molecule has 0 saturated carbocycles. The fourth-order valence-electron chi connectivity index (χ4n) is 2.22. The normalized spacial score (nSPS) is 11.7. The van der Waals surface area contributed by atoms with Crippen LogP contribution in [0.15, 0.2) is 36.5 Å². The van der Waals surface area contributed by atoms with Crippen LogP contribution in [0.5, 0.6) is 5.88 Å². The molecule has 1 N–H and O–H groups in total. The highest BCUT2D eigenvalue weighted by atomic mass is 19.4. The van der Waals surface area contributed by atoms with Crippen LogP contribution in [0.4, 0.5) is 18.9 Å². The van der Waals surface area contributed by atoms with E-state index >= 15 is 0 Å². The van der Waals surface area contributed by atoms with Crippen LogP contribution in [0.2, 0.25) is 0 Å². The first-order valence-corrected chi connectivity index (χ1v) is 8.17. The van der Waals surface area contributed by atoms with Crippen LogP contribution < -0.4 is 10.1 Å². The van der Waals surface area contributed by atoms with Gasteiger partial charge in [0, 0.05) is 18.0 Å². The highest BCUT2D eigenvalue weighted by molar-refractivity contribution is 6.11. The Morgan fingerprint density at radius 2 is 1.71 bits per heavy atom. The number of rotatable bonds is 4. The van der Waals surface area contributed by atoms with Crippen molar-refractivity contribution in [1.29, 1.82) is 0 Å². The van der Waals surface area contributed by atoms with Crippen molar-refractivity contribution >= 4 is 17.6 Å². The van der Waals surface area contributed by atoms with Crippen LogP contribution in [0, 0.1) is 0 Å². The topological polar surface area (TPSA) is 77.5 Å². The predicted molar refractivity (Wildman–Crippen MR) is 95.4 cm³/mol. The van der Waals surface area contributed by atoms with Gasteiger partial charge in [0.2, 0.25) is 5.88 Å². The molecule has 2 rings (SSSR count). The molecule has 0 fully saturated rings. The number of carbonyl (C=O) groups excluding carboxylic acids is 2. The first kappa shape index (κ1) is 21.2. The average Bonchev–Trinajstić information content (AvgIpc) is 2.59. The second-order valence-corrected chi connectivity index (χ2v) is 6.80. The zero-order valence-electron chi connectivity index (χ0n) is 15.7. The molecule has 0 atom stereocenters. The number of amides is 1. The summed E-state index contributed by atoms with van der Waals surface area (Å²) in [7, 11) is 1.39. The summed E-state index contributed by atoms with van der Waals surface area (Å²) >= 11 is 0. The highest BCUT2D eigenvalue weighted by Gasteiger charge is 2.33. The molecule has 9 heteroatoms. The Labute approximate surface area is 159 Å². The minimum absolute atomic E-state index is 0.234. The third kappa shape index (κ3) is 5.45. The van der Waals surface area contributed by atoms with Crippen LogP contribution in [0.25, 0.3) is 0 Å². The number of hydrogen-bond acceptors (Lipinski definition) is 5. The number of esters is 1. The van der Waals surface area contributed by atoms with Crippen LogP contribution in [-0.2, 0) is 10.9 Å².